The van der Waals surface area contributed by atoms with Gasteiger partial charge in [-0.3, -0.25) is 9.69 Å². The summed E-state index contributed by atoms with van der Waals surface area (Å²) < 4.78 is 0. The lowest BCUT2D eigenvalue weighted by atomic mass is 10.2. The molecule has 0 unspecified atom stereocenters. The predicted molar refractivity (Wildman–Crippen MR) is 39.4 cm³/mol. The molecule has 0 bridgehead atoms. The number of carbonyl (C=O) groups is 1. The van der Waals surface area contributed by atoms with E-state index in [-0.39, 0.29) is 5.91 Å². The number of hydrogen-bond acceptors (Lipinski definition) is 2. The van der Waals surface area contributed by atoms with E-state index in [0.29, 0.717) is 6.54 Å². The van der Waals surface area contributed by atoms with Crippen molar-refractivity contribution in [3.05, 3.63) is 0 Å². The van der Waals surface area contributed by atoms with E-state index in [0.717, 1.165) is 19.0 Å². The van der Waals surface area contributed by atoms with E-state index in [1.807, 2.05) is 0 Å². The molecule has 1 saturated heterocycles. The van der Waals surface area contributed by atoms with E-state index in [9.17, 15) is 4.79 Å². The SMILES string of the molecule is C[C@H]1CCN(CC(N)=O)C1. The number of nitrogens with zero attached hydrogens (tertiary/aromatic N) is 1. The van der Waals surface area contributed by atoms with Crippen molar-refractivity contribution < 1.29 is 4.79 Å². The fourth-order valence-corrected chi connectivity index (χ4v) is 1.39. The minimum atomic E-state index is -0.214. The number of hydrogen-bond donors (Lipinski definition) is 1. The molecule has 0 radical (unpaired) electrons. The molecular formula is C7H14N2O. The number of rotatable bonds is 2. The van der Waals surface area contributed by atoms with E-state index >= 15 is 0 Å². The van der Waals surface area contributed by atoms with Gasteiger partial charge in [-0.1, -0.05) is 6.92 Å². The number of carbonyl (C=O) groups excluding carboxylic acids is 1. The molecule has 1 atom stereocenters. The highest BCUT2D eigenvalue weighted by Gasteiger charge is 2.19. The Morgan fingerprint density at radius 3 is 2.90 bits per heavy atom. The first kappa shape index (κ1) is 7.54. The molecule has 1 amide bonds. The van der Waals surface area contributed by atoms with E-state index in [1.165, 1.54) is 6.42 Å². The number of amides is 1. The first-order chi connectivity index (χ1) is 4.68. The molecule has 1 aliphatic rings. The average Bonchev–Trinajstić information content (AvgIpc) is 2.13. The molecule has 3 heteroatoms. The molecule has 0 saturated carbocycles. The van der Waals surface area contributed by atoms with Crippen LogP contribution in [0.15, 0.2) is 0 Å². The minimum absolute atomic E-state index is 0.214. The average molecular weight is 142 g/mol. The Morgan fingerprint density at radius 2 is 2.50 bits per heavy atom. The fraction of sp³-hybridized carbons (Fsp3) is 0.857. The van der Waals surface area contributed by atoms with Gasteiger partial charge in [-0.05, 0) is 18.9 Å². The van der Waals surface area contributed by atoms with Crippen LogP contribution in [0.3, 0.4) is 0 Å². The molecule has 1 aliphatic heterocycles. The summed E-state index contributed by atoms with van der Waals surface area (Å²) in [6, 6.07) is 0. The summed E-state index contributed by atoms with van der Waals surface area (Å²) in [4.78, 5) is 12.5. The van der Waals surface area contributed by atoms with Crippen LogP contribution >= 0.6 is 0 Å². The molecule has 10 heavy (non-hydrogen) atoms. The zero-order valence-corrected chi connectivity index (χ0v) is 6.34. The van der Waals surface area contributed by atoms with Gasteiger partial charge in [0.15, 0.2) is 0 Å². The third-order valence-electron chi connectivity index (χ3n) is 1.89. The largest absolute Gasteiger partial charge is 0.369 e. The van der Waals surface area contributed by atoms with Crippen molar-refractivity contribution in [2.75, 3.05) is 19.6 Å². The summed E-state index contributed by atoms with van der Waals surface area (Å²) in [5.41, 5.74) is 5.04. The van der Waals surface area contributed by atoms with Crippen LogP contribution < -0.4 is 5.73 Å². The number of likely N-dealkylation sites (tertiary alicyclic amines) is 1. The maximum Gasteiger partial charge on any atom is 0.231 e. The van der Waals surface area contributed by atoms with Crippen molar-refractivity contribution in [2.24, 2.45) is 11.7 Å². The standard InChI is InChI=1S/C7H14N2O/c1-6-2-3-9(4-6)5-7(8)10/h6H,2-5H2,1H3,(H2,8,10)/t6-/m0/s1. The van der Waals surface area contributed by atoms with Gasteiger partial charge in [0, 0.05) is 6.54 Å². The van der Waals surface area contributed by atoms with Gasteiger partial charge in [0.25, 0.3) is 0 Å². The summed E-state index contributed by atoms with van der Waals surface area (Å²) in [5, 5.41) is 0. The van der Waals surface area contributed by atoms with Crippen molar-refractivity contribution in [3.8, 4) is 0 Å². The molecule has 1 heterocycles. The predicted octanol–water partition coefficient (Wildman–Crippen LogP) is -0.187. The highest BCUT2D eigenvalue weighted by molar-refractivity contribution is 5.75. The fourth-order valence-electron chi connectivity index (χ4n) is 1.39. The van der Waals surface area contributed by atoms with Crippen LogP contribution in [0, 0.1) is 5.92 Å². The Kier molecular flexibility index (Phi) is 2.27. The van der Waals surface area contributed by atoms with E-state index in [4.69, 9.17) is 5.73 Å². The minimum Gasteiger partial charge on any atom is -0.369 e. The van der Waals surface area contributed by atoms with Gasteiger partial charge in [0.05, 0.1) is 6.54 Å². The lowest BCUT2D eigenvalue weighted by Gasteiger charge is -2.11. The number of primary amides is 1. The first-order valence-corrected chi connectivity index (χ1v) is 3.69. The lowest BCUT2D eigenvalue weighted by molar-refractivity contribution is -0.118. The molecule has 0 aromatic carbocycles. The summed E-state index contributed by atoms with van der Waals surface area (Å²) in [5.74, 6) is 0.522. The highest BCUT2D eigenvalue weighted by Crippen LogP contribution is 2.13. The molecule has 0 aromatic rings. The van der Waals surface area contributed by atoms with Gasteiger partial charge in [0.2, 0.25) is 5.91 Å². The maximum absolute atomic E-state index is 10.4. The molecule has 0 aromatic heterocycles. The monoisotopic (exact) mass is 142 g/mol. The molecule has 58 valence electrons. The van der Waals surface area contributed by atoms with Gasteiger partial charge < -0.3 is 5.73 Å². The van der Waals surface area contributed by atoms with Gasteiger partial charge in [-0.25, -0.2) is 0 Å². The smallest absolute Gasteiger partial charge is 0.231 e. The third-order valence-corrected chi connectivity index (χ3v) is 1.89. The molecular weight excluding hydrogens is 128 g/mol. The second-order valence-electron chi connectivity index (χ2n) is 3.10. The Morgan fingerprint density at radius 1 is 1.80 bits per heavy atom. The van der Waals surface area contributed by atoms with Crippen molar-refractivity contribution >= 4 is 5.91 Å². The zero-order chi connectivity index (χ0) is 7.56. The quantitative estimate of drug-likeness (QED) is 0.581. The summed E-state index contributed by atoms with van der Waals surface area (Å²) in [6.07, 6.45) is 1.20. The van der Waals surface area contributed by atoms with E-state index in [2.05, 4.69) is 11.8 Å². The Balaban J connectivity index is 2.24. The van der Waals surface area contributed by atoms with Crippen LogP contribution in [-0.2, 0) is 4.79 Å². The van der Waals surface area contributed by atoms with Crippen LogP contribution in [0.2, 0.25) is 0 Å². The van der Waals surface area contributed by atoms with E-state index in [1.54, 1.807) is 0 Å². The van der Waals surface area contributed by atoms with Crippen molar-refractivity contribution in [1.29, 1.82) is 0 Å². The Hall–Kier alpha value is -0.570. The molecule has 3 nitrogen and oxygen atoms in total. The second kappa shape index (κ2) is 3.01. The molecule has 1 fully saturated rings. The highest BCUT2D eigenvalue weighted by atomic mass is 16.1. The lowest BCUT2D eigenvalue weighted by Crippen LogP contribution is -2.31. The van der Waals surface area contributed by atoms with Crippen molar-refractivity contribution in [1.82, 2.24) is 4.90 Å². The number of nitrogens with two attached hydrogens (primary N) is 1. The summed E-state index contributed by atoms with van der Waals surface area (Å²) in [6.45, 7) is 4.69. The normalized spacial score (nSPS) is 27.1. The molecule has 1 rings (SSSR count). The maximum atomic E-state index is 10.4. The van der Waals surface area contributed by atoms with Crippen LogP contribution in [0.1, 0.15) is 13.3 Å². The van der Waals surface area contributed by atoms with Gasteiger partial charge in [-0.2, -0.15) is 0 Å². The molecule has 2 N–H and O–H groups in total. The van der Waals surface area contributed by atoms with Crippen molar-refractivity contribution in [2.45, 2.75) is 13.3 Å². The first-order valence-electron chi connectivity index (χ1n) is 3.69. The zero-order valence-electron chi connectivity index (χ0n) is 6.34. The van der Waals surface area contributed by atoms with E-state index < -0.39 is 0 Å². The van der Waals surface area contributed by atoms with Crippen LogP contribution in [-0.4, -0.2) is 30.4 Å². The van der Waals surface area contributed by atoms with Crippen molar-refractivity contribution in [3.63, 3.8) is 0 Å². The Labute approximate surface area is 61.2 Å². The summed E-state index contributed by atoms with van der Waals surface area (Å²) in [7, 11) is 0. The van der Waals surface area contributed by atoms with Crippen LogP contribution in [0.5, 0.6) is 0 Å². The van der Waals surface area contributed by atoms with Gasteiger partial charge in [0.1, 0.15) is 0 Å². The molecule has 0 spiro atoms. The Bertz CT molecular complexity index is 136. The topological polar surface area (TPSA) is 46.3 Å². The van der Waals surface area contributed by atoms with Crippen LogP contribution in [0.4, 0.5) is 0 Å². The van der Waals surface area contributed by atoms with Gasteiger partial charge >= 0.3 is 0 Å². The van der Waals surface area contributed by atoms with Gasteiger partial charge in [-0.15, -0.1) is 0 Å². The van der Waals surface area contributed by atoms with Crippen LogP contribution in [0.25, 0.3) is 0 Å². The summed E-state index contributed by atoms with van der Waals surface area (Å²) >= 11 is 0. The third kappa shape index (κ3) is 1.99. The second-order valence-corrected chi connectivity index (χ2v) is 3.10. The molecule has 0 aliphatic carbocycles.